The Bertz CT molecular complexity index is 671. The van der Waals surface area contributed by atoms with Crippen molar-refractivity contribution in [3.8, 4) is 0 Å². The molecule has 0 aliphatic heterocycles. The molecule has 0 heterocycles. The number of ether oxygens (including phenoxy) is 1. The Morgan fingerprint density at radius 3 is 2.84 bits per heavy atom. The number of esters is 1. The number of rotatable bonds is 6. The zero-order valence-corrected chi connectivity index (χ0v) is 14.1. The zero-order chi connectivity index (χ0) is 18.2. The summed E-state index contributed by atoms with van der Waals surface area (Å²) in [5, 5.41) is 13.5. The maximum absolute atomic E-state index is 12.0. The van der Waals surface area contributed by atoms with E-state index in [2.05, 4.69) is 5.32 Å². The Kier molecular flexibility index (Phi) is 6.68. The quantitative estimate of drug-likeness (QED) is 0.369. The summed E-state index contributed by atoms with van der Waals surface area (Å²) in [4.78, 5) is 34.1. The molecule has 0 bridgehead atoms. The average molecular weight is 346 g/mol. The summed E-state index contributed by atoms with van der Waals surface area (Å²) in [6.07, 6.45) is 6.58. The second-order valence-corrected chi connectivity index (χ2v) is 6.10. The van der Waals surface area contributed by atoms with Gasteiger partial charge in [-0.2, -0.15) is 0 Å². The Hall–Kier alpha value is -2.70. The normalized spacial score (nSPS) is 20.2. The summed E-state index contributed by atoms with van der Waals surface area (Å²) in [6.45, 7) is 0.415. The maximum atomic E-state index is 12.0. The molecule has 1 fully saturated rings. The van der Waals surface area contributed by atoms with Crippen LogP contribution in [0.5, 0.6) is 0 Å². The molecule has 2 unspecified atom stereocenters. The SMILES string of the molecule is COC(=O)C1CCCCC1CNC(=O)/C=C/c1cccc([N+](=O)[O-])c1. The van der Waals surface area contributed by atoms with Crippen LogP contribution in [0.2, 0.25) is 0 Å². The van der Waals surface area contributed by atoms with Crippen LogP contribution in [0.4, 0.5) is 5.69 Å². The van der Waals surface area contributed by atoms with Crippen molar-refractivity contribution in [2.75, 3.05) is 13.7 Å². The number of nitrogens with zero attached hydrogens (tertiary/aromatic N) is 1. The van der Waals surface area contributed by atoms with Crippen LogP contribution in [0.25, 0.3) is 6.08 Å². The molecule has 0 spiro atoms. The molecule has 1 aromatic carbocycles. The van der Waals surface area contributed by atoms with Crippen molar-refractivity contribution < 1.29 is 19.2 Å². The molecule has 0 saturated heterocycles. The third-order valence-electron chi connectivity index (χ3n) is 4.46. The van der Waals surface area contributed by atoms with Gasteiger partial charge in [0.2, 0.25) is 5.91 Å². The number of nitrogens with one attached hydrogen (secondary N) is 1. The van der Waals surface area contributed by atoms with Gasteiger partial charge in [-0.3, -0.25) is 19.7 Å². The second-order valence-electron chi connectivity index (χ2n) is 6.10. The largest absolute Gasteiger partial charge is 0.469 e. The van der Waals surface area contributed by atoms with E-state index in [9.17, 15) is 19.7 Å². The van der Waals surface area contributed by atoms with E-state index >= 15 is 0 Å². The van der Waals surface area contributed by atoms with Gasteiger partial charge in [-0.25, -0.2) is 0 Å². The second kappa shape index (κ2) is 8.96. The summed E-state index contributed by atoms with van der Waals surface area (Å²) in [5.74, 6) is -0.594. The predicted octanol–water partition coefficient (Wildman–Crippen LogP) is 2.70. The number of methoxy groups -OCH3 is 1. The lowest BCUT2D eigenvalue weighted by atomic mass is 9.79. The summed E-state index contributed by atoms with van der Waals surface area (Å²) in [6, 6.07) is 6.05. The third-order valence-corrected chi connectivity index (χ3v) is 4.46. The molecule has 1 amide bonds. The number of benzene rings is 1. The molecule has 1 aliphatic carbocycles. The molecule has 0 radical (unpaired) electrons. The number of nitro benzene ring substituents is 1. The molecule has 7 heteroatoms. The maximum Gasteiger partial charge on any atom is 0.309 e. The molecule has 1 N–H and O–H groups in total. The number of carbonyl (C=O) groups is 2. The Morgan fingerprint density at radius 1 is 1.36 bits per heavy atom. The number of carbonyl (C=O) groups excluding carboxylic acids is 2. The minimum Gasteiger partial charge on any atom is -0.469 e. The van der Waals surface area contributed by atoms with Gasteiger partial charge in [0.1, 0.15) is 0 Å². The van der Waals surface area contributed by atoms with Crippen LogP contribution in [0.15, 0.2) is 30.3 Å². The number of non-ortho nitro benzene ring substituents is 1. The summed E-state index contributed by atoms with van der Waals surface area (Å²) < 4.78 is 4.84. The lowest BCUT2D eigenvalue weighted by Gasteiger charge is -2.29. The van der Waals surface area contributed by atoms with E-state index in [4.69, 9.17) is 4.74 Å². The monoisotopic (exact) mass is 346 g/mol. The number of amides is 1. The smallest absolute Gasteiger partial charge is 0.309 e. The van der Waals surface area contributed by atoms with Crippen molar-refractivity contribution in [1.82, 2.24) is 5.32 Å². The van der Waals surface area contributed by atoms with E-state index in [0.717, 1.165) is 25.7 Å². The third kappa shape index (κ3) is 5.41. The van der Waals surface area contributed by atoms with Crippen LogP contribution in [-0.2, 0) is 14.3 Å². The molecular formula is C18H22N2O5. The molecular weight excluding hydrogens is 324 g/mol. The van der Waals surface area contributed by atoms with Crippen molar-refractivity contribution in [2.45, 2.75) is 25.7 Å². The van der Waals surface area contributed by atoms with Crippen LogP contribution >= 0.6 is 0 Å². The molecule has 2 rings (SSSR count). The molecule has 25 heavy (non-hydrogen) atoms. The van der Waals surface area contributed by atoms with Gasteiger partial charge in [-0.1, -0.05) is 25.0 Å². The Morgan fingerprint density at radius 2 is 2.12 bits per heavy atom. The van der Waals surface area contributed by atoms with E-state index in [1.165, 1.54) is 31.4 Å². The van der Waals surface area contributed by atoms with Gasteiger partial charge >= 0.3 is 5.97 Å². The first-order valence-corrected chi connectivity index (χ1v) is 8.29. The number of nitro groups is 1. The fourth-order valence-corrected chi connectivity index (χ4v) is 3.12. The van der Waals surface area contributed by atoms with Gasteiger partial charge in [0.15, 0.2) is 0 Å². The van der Waals surface area contributed by atoms with Gasteiger partial charge in [-0.15, -0.1) is 0 Å². The highest BCUT2D eigenvalue weighted by Crippen LogP contribution is 2.30. The molecule has 0 aromatic heterocycles. The van der Waals surface area contributed by atoms with E-state index in [1.807, 2.05) is 0 Å². The van der Waals surface area contributed by atoms with Gasteiger partial charge in [0, 0.05) is 24.8 Å². The van der Waals surface area contributed by atoms with Crippen molar-refractivity contribution in [2.24, 2.45) is 11.8 Å². The lowest BCUT2D eigenvalue weighted by molar-refractivity contribution is -0.384. The standard InChI is InChI=1S/C18H22N2O5/c1-25-18(22)16-8-3-2-6-14(16)12-19-17(21)10-9-13-5-4-7-15(11-13)20(23)24/h4-5,7,9-11,14,16H,2-3,6,8,12H2,1H3,(H,19,21)/b10-9+. The Balaban J connectivity index is 1.90. The van der Waals surface area contributed by atoms with E-state index in [0.29, 0.717) is 12.1 Å². The van der Waals surface area contributed by atoms with Crippen molar-refractivity contribution in [3.05, 3.63) is 46.0 Å². The average Bonchev–Trinajstić information content (AvgIpc) is 2.64. The van der Waals surface area contributed by atoms with Gasteiger partial charge < -0.3 is 10.1 Å². The van der Waals surface area contributed by atoms with E-state index < -0.39 is 4.92 Å². The fourth-order valence-electron chi connectivity index (χ4n) is 3.12. The van der Waals surface area contributed by atoms with Crippen LogP contribution in [0, 0.1) is 22.0 Å². The lowest BCUT2D eigenvalue weighted by Crippen LogP contribution is -2.37. The van der Waals surface area contributed by atoms with Crippen LogP contribution < -0.4 is 5.32 Å². The molecule has 134 valence electrons. The van der Waals surface area contributed by atoms with Crippen LogP contribution in [0.3, 0.4) is 0 Å². The molecule has 1 aliphatic rings. The van der Waals surface area contributed by atoms with E-state index in [-0.39, 0.29) is 29.4 Å². The van der Waals surface area contributed by atoms with Crippen molar-refractivity contribution >= 4 is 23.6 Å². The summed E-state index contributed by atoms with van der Waals surface area (Å²) >= 11 is 0. The highest BCUT2D eigenvalue weighted by atomic mass is 16.6. The number of hydrogen-bond acceptors (Lipinski definition) is 5. The van der Waals surface area contributed by atoms with Gasteiger partial charge in [-0.05, 0) is 30.4 Å². The zero-order valence-electron chi connectivity index (χ0n) is 14.1. The minimum atomic E-state index is -0.479. The number of hydrogen-bond donors (Lipinski definition) is 1. The predicted molar refractivity (Wildman–Crippen MR) is 92.6 cm³/mol. The van der Waals surface area contributed by atoms with Crippen LogP contribution in [-0.4, -0.2) is 30.5 Å². The van der Waals surface area contributed by atoms with E-state index in [1.54, 1.807) is 12.1 Å². The molecule has 2 atom stereocenters. The van der Waals surface area contributed by atoms with Crippen molar-refractivity contribution in [1.29, 1.82) is 0 Å². The highest BCUT2D eigenvalue weighted by molar-refractivity contribution is 5.91. The summed E-state index contributed by atoms with van der Waals surface area (Å²) in [7, 11) is 1.38. The molecule has 1 saturated carbocycles. The fraction of sp³-hybridized carbons (Fsp3) is 0.444. The van der Waals surface area contributed by atoms with Gasteiger partial charge in [0.05, 0.1) is 18.0 Å². The molecule has 1 aromatic rings. The first kappa shape index (κ1) is 18.6. The minimum absolute atomic E-state index is 0.0225. The van der Waals surface area contributed by atoms with Crippen molar-refractivity contribution in [3.63, 3.8) is 0 Å². The van der Waals surface area contributed by atoms with Crippen LogP contribution in [0.1, 0.15) is 31.2 Å². The highest BCUT2D eigenvalue weighted by Gasteiger charge is 2.31. The van der Waals surface area contributed by atoms with Gasteiger partial charge in [0.25, 0.3) is 5.69 Å². The Labute approximate surface area is 146 Å². The summed E-state index contributed by atoms with van der Waals surface area (Å²) in [5.41, 5.74) is 0.556. The molecule has 7 nitrogen and oxygen atoms in total. The first-order chi connectivity index (χ1) is 12.0. The first-order valence-electron chi connectivity index (χ1n) is 8.29. The topological polar surface area (TPSA) is 98.5 Å².